The quantitative estimate of drug-likeness (QED) is 0.861. The molecular weight excluding hydrogens is 296 g/mol. The van der Waals surface area contributed by atoms with Crippen LogP contribution in [-0.2, 0) is 11.2 Å². The lowest BCUT2D eigenvalue weighted by atomic mass is 9.76. The van der Waals surface area contributed by atoms with Gasteiger partial charge in [0.1, 0.15) is 0 Å². The molecular formula is C17H20N2O2S. The molecule has 2 N–H and O–H groups in total. The van der Waals surface area contributed by atoms with Crippen LogP contribution in [0.25, 0.3) is 0 Å². The number of hydrogen-bond donors (Lipinski definition) is 2. The van der Waals surface area contributed by atoms with Crippen LogP contribution < -0.4 is 5.32 Å². The zero-order valence-corrected chi connectivity index (χ0v) is 13.1. The topological polar surface area (TPSA) is 62.2 Å². The fourth-order valence-electron chi connectivity index (χ4n) is 2.83. The highest BCUT2D eigenvalue weighted by Gasteiger charge is 2.36. The van der Waals surface area contributed by atoms with Crippen molar-refractivity contribution in [3.63, 3.8) is 0 Å². The summed E-state index contributed by atoms with van der Waals surface area (Å²) in [6, 6.07) is 7.70. The van der Waals surface area contributed by atoms with Crippen molar-refractivity contribution in [2.75, 3.05) is 0 Å². The van der Waals surface area contributed by atoms with Crippen LogP contribution in [0, 0.1) is 5.92 Å². The Morgan fingerprint density at radius 1 is 1.41 bits per heavy atom. The first kappa shape index (κ1) is 15.2. The minimum Gasteiger partial charge on any atom is -0.393 e. The van der Waals surface area contributed by atoms with Gasteiger partial charge in [0.25, 0.3) is 0 Å². The van der Waals surface area contributed by atoms with Crippen LogP contribution in [0.3, 0.4) is 0 Å². The van der Waals surface area contributed by atoms with E-state index in [4.69, 9.17) is 0 Å². The predicted molar refractivity (Wildman–Crippen MR) is 86.5 cm³/mol. The molecule has 1 fully saturated rings. The van der Waals surface area contributed by atoms with E-state index < -0.39 is 0 Å². The zero-order valence-electron chi connectivity index (χ0n) is 12.3. The first-order valence-corrected chi connectivity index (χ1v) is 8.56. The zero-order chi connectivity index (χ0) is 15.4. The molecule has 0 bridgehead atoms. The number of thiophene rings is 1. The number of nitrogens with zero attached hydrogens (tertiary/aromatic N) is 1. The summed E-state index contributed by atoms with van der Waals surface area (Å²) in [4.78, 5) is 16.6. The Kier molecular flexibility index (Phi) is 4.85. The van der Waals surface area contributed by atoms with E-state index >= 15 is 0 Å². The van der Waals surface area contributed by atoms with E-state index in [0.717, 1.165) is 25.0 Å². The Hall–Kier alpha value is -1.72. The summed E-state index contributed by atoms with van der Waals surface area (Å²) in [6.07, 6.45) is 4.21. The molecule has 2 aromatic rings. The second kappa shape index (κ2) is 7.03. The van der Waals surface area contributed by atoms with Gasteiger partial charge in [0, 0.05) is 12.6 Å². The van der Waals surface area contributed by atoms with Crippen molar-refractivity contribution in [3.8, 4) is 0 Å². The maximum atomic E-state index is 12.2. The predicted octanol–water partition coefficient (Wildman–Crippen LogP) is 2.70. The summed E-state index contributed by atoms with van der Waals surface area (Å²) in [5.41, 5.74) is 2.08. The van der Waals surface area contributed by atoms with Crippen molar-refractivity contribution in [1.82, 2.24) is 10.3 Å². The lowest BCUT2D eigenvalue weighted by molar-refractivity contribution is -0.123. The van der Waals surface area contributed by atoms with E-state index in [1.165, 1.54) is 5.56 Å². The van der Waals surface area contributed by atoms with Gasteiger partial charge in [-0.1, -0.05) is 6.07 Å². The summed E-state index contributed by atoms with van der Waals surface area (Å²) in [7, 11) is 0. The second-order valence-electron chi connectivity index (χ2n) is 5.82. The number of aryl methyl sites for hydroxylation is 1. The van der Waals surface area contributed by atoms with Crippen LogP contribution in [0.4, 0.5) is 0 Å². The monoisotopic (exact) mass is 316 g/mol. The van der Waals surface area contributed by atoms with Gasteiger partial charge >= 0.3 is 0 Å². The molecule has 4 nitrogen and oxygen atoms in total. The van der Waals surface area contributed by atoms with Gasteiger partial charge in [-0.25, -0.2) is 0 Å². The normalized spacial score (nSPS) is 21.9. The van der Waals surface area contributed by atoms with Gasteiger partial charge in [-0.05, 0) is 59.7 Å². The molecule has 0 saturated heterocycles. The number of aromatic nitrogens is 1. The lowest BCUT2D eigenvalue weighted by Crippen LogP contribution is -2.41. The first-order valence-electron chi connectivity index (χ1n) is 7.62. The molecule has 1 aliphatic rings. The highest BCUT2D eigenvalue weighted by molar-refractivity contribution is 7.07. The molecule has 0 aliphatic heterocycles. The van der Waals surface area contributed by atoms with E-state index in [9.17, 15) is 9.90 Å². The third kappa shape index (κ3) is 3.72. The number of carbonyl (C=O) groups excluding carboxylic acids is 1. The molecule has 1 amide bonds. The number of amides is 1. The summed E-state index contributed by atoms with van der Waals surface area (Å²) >= 11 is 1.65. The van der Waals surface area contributed by atoms with Crippen LogP contribution in [0.1, 0.15) is 36.6 Å². The van der Waals surface area contributed by atoms with Crippen molar-refractivity contribution in [3.05, 3.63) is 52.5 Å². The Balaban J connectivity index is 1.61. The third-order valence-corrected chi connectivity index (χ3v) is 4.90. The van der Waals surface area contributed by atoms with Crippen molar-refractivity contribution in [1.29, 1.82) is 0 Å². The average molecular weight is 316 g/mol. The molecule has 116 valence electrons. The largest absolute Gasteiger partial charge is 0.393 e. The van der Waals surface area contributed by atoms with Gasteiger partial charge < -0.3 is 10.4 Å². The maximum Gasteiger partial charge on any atom is 0.220 e. The molecule has 0 aromatic carbocycles. The van der Waals surface area contributed by atoms with Gasteiger partial charge in [-0.2, -0.15) is 11.3 Å². The number of nitrogens with one attached hydrogen (secondary N) is 1. The Bertz CT molecular complexity index is 594. The summed E-state index contributed by atoms with van der Waals surface area (Å²) in [5, 5.41) is 16.8. The van der Waals surface area contributed by atoms with Crippen LogP contribution >= 0.6 is 11.3 Å². The molecule has 1 unspecified atom stereocenters. The number of pyridine rings is 1. The van der Waals surface area contributed by atoms with Crippen LogP contribution in [0.15, 0.2) is 41.2 Å². The van der Waals surface area contributed by atoms with Gasteiger partial charge in [-0.15, -0.1) is 0 Å². The van der Waals surface area contributed by atoms with Gasteiger partial charge in [0.05, 0.1) is 17.8 Å². The smallest absolute Gasteiger partial charge is 0.220 e. The van der Waals surface area contributed by atoms with Crippen LogP contribution in [0.5, 0.6) is 0 Å². The van der Waals surface area contributed by atoms with E-state index in [-0.39, 0.29) is 24.0 Å². The Morgan fingerprint density at radius 2 is 2.27 bits per heavy atom. The fraction of sp³-hybridized carbons (Fsp3) is 0.412. The van der Waals surface area contributed by atoms with E-state index in [0.29, 0.717) is 6.42 Å². The number of aliphatic hydroxyl groups excluding tert-OH is 1. The van der Waals surface area contributed by atoms with Crippen molar-refractivity contribution >= 4 is 17.2 Å². The number of carbonyl (C=O) groups is 1. The standard InChI is InChI=1S/C17H20N2O2S/c20-14-9-13(10-14)17(15-3-1-2-7-18-15)19-16(21)5-4-12-6-8-22-11-12/h1-3,6-8,11,13-14,17,20H,4-5,9-10H2,(H,19,21). The van der Waals surface area contributed by atoms with Crippen LogP contribution in [-0.4, -0.2) is 22.1 Å². The number of hydrogen-bond acceptors (Lipinski definition) is 4. The third-order valence-electron chi connectivity index (χ3n) is 4.16. The number of rotatable bonds is 6. The Labute approximate surface area is 134 Å². The highest BCUT2D eigenvalue weighted by atomic mass is 32.1. The average Bonchev–Trinajstić information content (AvgIpc) is 3.02. The van der Waals surface area contributed by atoms with E-state index in [1.807, 2.05) is 23.6 Å². The van der Waals surface area contributed by atoms with E-state index in [1.54, 1.807) is 17.5 Å². The van der Waals surface area contributed by atoms with Crippen molar-refractivity contribution < 1.29 is 9.90 Å². The second-order valence-corrected chi connectivity index (χ2v) is 6.60. The molecule has 1 saturated carbocycles. The number of aliphatic hydroxyl groups is 1. The summed E-state index contributed by atoms with van der Waals surface area (Å²) in [6.45, 7) is 0. The van der Waals surface area contributed by atoms with Gasteiger partial charge in [0.2, 0.25) is 5.91 Å². The van der Waals surface area contributed by atoms with Crippen molar-refractivity contribution in [2.24, 2.45) is 5.92 Å². The molecule has 0 radical (unpaired) electrons. The molecule has 5 heteroatoms. The van der Waals surface area contributed by atoms with Crippen molar-refractivity contribution in [2.45, 2.75) is 37.8 Å². The van der Waals surface area contributed by atoms with Gasteiger partial charge in [0.15, 0.2) is 0 Å². The minimum absolute atomic E-state index is 0.0447. The SMILES string of the molecule is O=C(CCc1ccsc1)NC(c1ccccn1)C1CC(O)C1. The minimum atomic E-state index is -0.237. The molecule has 1 aliphatic carbocycles. The highest BCUT2D eigenvalue weighted by Crippen LogP contribution is 2.37. The Morgan fingerprint density at radius 3 is 2.91 bits per heavy atom. The van der Waals surface area contributed by atoms with E-state index in [2.05, 4.69) is 21.7 Å². The summed E-state index contributed by atoms with van der Waals surface area (Å²) < 4.78 is 0. The maximum absolute atomic E-state index is 12.2. The van der Waals surface area contributed by atoms with Crippen LogP contribution in [0.2, 0.25) is 0 Å². The summed E-state index contributed by atoms with van der Waals surface area (Å²) in [5.74, 6) is 0.318. The molecule has 1 atom stereocenters. The molecule has 2 heterocycles. The molecule has 0 spiro atoms. The lowest BCUT2D eigenvalue weighted by Gasteiger charge is -2.37. The first-order chi connectivity index (χ1) is 10.7. The molecule has 3 rings (SSSR count). The fourth-order valence-corrected chi connectivity index (χ4v) is 3.54. The van der Waals surface area contributed by atoms with Gasteiger partial charge in [-0.3, -0.25) is 9.78 Å². The molecule has 2 aromatic heterocycles. The molecule has 22 heavy (non-hydrogen) atoms.